The van der Waals surface area contributed by atoms with E-state index in [0.29, 0.717) is 0 Å². The number of fused-ring (bicyclic) bond motifs is 2. The van der Waals surface area contributed by atoms with Gasteiger partial charge in [0.1, 0.15) is 0 Å². The molecule has 0 spiro atoms. The third kappa shape index (κ3) is 1.31. The molecule has 2 rings (SSSR count). The fraction of sp³-hybridized carbons (Fsp3) is 0.636. The van der Waals surface area contributed by atoms with Gasteiger partial charge in [-0.05, 0) is 25.2 Å². The van der Waals surface area contributed by atoms with Crippen molar-refractivity contribution in [1.29, 1.82) is 5.26 Å². The molecule has 0 aromatic rings. The fourth-order valence-corrected chi connectivity index (χ4v) is 2.81. The lowest BCUT2D eigenvalue weighted by molar-refractivity contribution is -0.144. The SMILES string of the molecule is N#C[C@H]1C[C@H]2CCC=C[C@@H]1[C@@H]2C(=O)O. The Labute approximate surface area is 83.0 Å². The quantitative estimate of drug-likeness (QED) is 0.643. The monoisotopic (exact) mass is 191 g/mol. The lowest BCUT2D eigenvalue weighted by Crippen LogP contribution is -2.23. The van der Waals surface area contributed by atoms with Gasteiger partial charge >= 0.3 is 5.97 Å². The van der Waals surface area contributed by atoms with E-state index in [1.807, 2.05) is 12.2 Å². The Morgan fingerprint density at radius 1 is 1.57 bits per heavy atom. The van der Waals surface area contributed by atoms with Crippen LogP contribution in [0, 0.1) is 35.0 Å². The predicted molar refractivity (Wildman–Crippen MR) is 50.2 cm³/mol. The van der Waals surface area contributed by atoms with Gasteiger partial charge in [-0.1, -0.05) is 12.2 Å². The highest BCUT2D eigenvalue weighted by Crippen LogP contribution is 2.46. The van der Waals surface area contributed by atoms with Crippen LogP contribution < -0.4 is 0 Å². The van der Waals surface area contributed by atoms with Gasteiger partial charge in [-0.15, -0.1) is 0 Å². The van der Waals surface area contributed by atoms with E-state index in [1.54, 1.807) is 0 Å². The highest BCUT2D eigenvalue weighted by atomic mass is 16.4. The number of allylic oxidation sites excluding steroid dienone is 2. The van der Waals surface area contributed by atoms with Crippen LogP contribution in [0.1, 0.15) is 19.3 Å². The normalized spacial score (nSPS) is 40.2. The molecule has 0 saturated heterocycles. The lowest BCUT2D eigenvalue weighted by Gasteiger charge is -2.15. The Bertz CT molecular complexity index is 316. The Hall–Kier alpha value is -1.30. The van der Waals surface area contributed by atoms with Gasteiger partial charge in [0.25, 0.3) is 0 Å². The molecule has 0 amide bonds. The van der Waals surface area contributed by atoms with Gasteiger partial charge < -0.3 is 5.11 Å². The first kappa shape index (κ1) is 9.26. The van der Waals surface area contributed by atoms with Crippen LogP contribution in [0.2, 0.25) is 0 Å². The summed E-state index contributed by atoms with van der Waals surface area (Å²) in [5.74, 6) is -0.984. The molecule has 0 aliphatic heterocycles. The van der Waals surface area contributed by atoms with Crippen LogP contribution in [0.25, 0.3) is 0 Å². The zero-order valence-electron chi connectivity index (χ0n) is 7.89. The number of nitrogens with zero attached hydrogens (tertiary/aromatic N) is 1. The number of carboxylic acids is 1. The minimum absolute atomic E-state index is 0.0509. The largest absolute Gasteiger partial charge is 0.481 e. The number of rotatable bonds is 1. The summed E-state index contributed by atoms with van der Waals surface area (Å²) >= 11 is 0. The van der Waals surface area contributed by atoms with E-state index >= 15 is 0 Å². The van der Waals surface area contributed by atoms with Crippen molar-refractivity contribution in [2.24, 2.45) is 23.7 Å². The molecule has 1 fully saturated rings. The first-order valence-electron chi connectivity index (χ1n) is 5.03. The van der Waals surface area contributed by atoms with E-state index in [-0.39, 0.29) is 23.7 Å². The Kier molecular flexibility index (Phi) is 2.28. The molecular weight excluding hydrogens is 178 g/mol. The number of hydrogen-bond donors (Lipinski definition) is 1. The number of carbonyl (C=O) groups is 1. The molecule has 0 aromatic carbocycles. The molecule has 2 bridgehead atoms. The molecule has 1 saturated carbocycles. The van der Waals surface area contributed by atoms with Gasteiger partial charge in [-0.2, -0.15) is 5.26 Å². The Morgan fingerprint density at radius 3 is 3.00 bits per heavy atom. The second-order valence-corrected chi connectivity index (χ2v) is 4.18. The maximum Gasteiger partial charge on any atom is 0.307 e. The van der Waals surface area contributed by atoms with Gasteiger partial charge in [0.2, 0.25) is 0 Å². The average Bonchev–Trinajstić information content (AvgIpc) is 2.32. The van der Waals surface area contributed by atoms with Gasteiger partial charge in [0.05, 0.1) is 17.9 Å². The Balaban J connectivity index is 2.31. The molecule has 74 valence electrons. The van der Waals surface area contributed by atoms with E-state index < -0.39 is 5.97 Å². The summed E-state index contributed by atoms with van der Waals surface area (Å²) in [6.45, 7) is 0. The molecule has 14 heavy (non-hydrogen) atoms. The maximum atomic E-state index is 11.1. The first-order valence-corrected chi connectivity index (χ1v) is 5.03. The number of hydrogen-bond acceptors (Lipinski definition) is 2. The summed E-state index contributed by atoms with van der Waals surface area (Å²) < 4.78 is 0. The van der Waals surface area contributed by atoms with Crippen LogP contribution in [-0.4, -0.2) is 11.1 Å². The summed E-state index contributed by atoms with van der Waals surface area (Å²) in [6, 6.07) is 2.23. The fourth-order valence-electron chi connectivity index (χ4n) is 2.81. The van der Waals surface area contributed by atoms with Gasteiger partial charge in [0, 0.05) is 5.92 Å². The summed E-state index contributed by atoms with van der Waals surface area (Å²) in [6.07, 6.45) is 6.62. The molecular formula is C11H13NO2. The maximum absolute atomic E-state index is 11.1. The van der Waals surface area contributed by atoms with Crippen molar-refractivity contribution in [3.63, 3.8) is 0 Å². The molecule has 3 heteroatoms. The lowest BCUT2D eigenvalue weighted by atomic mass is 9.88. The smallest absolute Gasteiger partial charge is 0.307 e. The Morgan fingerprint density at radius 2 is 2.36 bits per heavy atom. The molecule has 4 atom stereocenters. The van der Waals surface area contributed by atoms with E-state index in [0.717, 1.165) is 19.3 Å². The molecule has 1 N–H and O–H groups in total. The summed E-state index contributed by atoms with van der Waals surface area (Å²) in [7, 11) is 0. The van der Waals surface area contributed by atoms with Crippen LogP contribution in [0.5, 0.6) is 0 Å². The minimum Gasteiger partial charge on any atom is -0.481 e. The topological polar surface area (TPSA) is 61.1 Å². The molecule has 2 aliphatic carbocycles. The van der Waals surface area contributed by atoms with Crippen LogP contribution in [0.4, 0.5) is 0 Å². The van der Waals surface area contributed by atoms with Crippen molar-refractivity contribution in [1.82, 2.24) is 0 Å². The van der Waals surface area contributed by atoms with E-state index in [1.165, 1.54) is 0 Å². The second kappa shape index (κ2) is 3.45. The summed E-state index contributed by atoms with van der Waals surface area (Å²) in [5.41, 5.74) is 0. The standard InChI is InChI=1S/C11H13NO2/c12-6-8-5-7-3-1-2-4-9(8)10(7)11(13)14/h2,4,7-10H,1,3,5H2,(H,13,14)/t7-,8-,9+,10-/m1/s1. The third-order valence-electron chi connectivity index (χ3n) is 3.46. The number of carboxylic acid groups (broad SMARTS) is 1. The zero-order chi connectivity index (χ0) is 10.1. The van der Waals surface area contributed by atoms with Gasteiger partial charge in [-0.25, -0.2) is 0 Å². The van der Waals surface area contributed by atoms with Crippen molar-refractivity contribution in [3.8, 4) is 6.07 Å². The van der Waals surface area contributed by atoms with Crippen molar-refractivity contribution in [2.75, 3.05) is 0 Å². The van der Waals surface area contributed by atoms with Crippen molar-refractivity contribution < 1.29 is 9.90 Å². The molecule has 0 heterocycles. The van der Waals surface area contributed by atoms with Crippen molar-refractivity contribution in [2.45, 2.75) is 19.3 Å². The highest BCUT2D eigenvalue weighted by molar-refractivity contribution is 5.72. The first-order chi connectivity index (χ1) is 6.74. The number of aliphatic carboxylic acids is 1. The van der Waals surface area contributed by atoms with Crippen molar-refractivity contribution in [3.05, 3.63) is 12.2 Å². The van der Waals surface area contributed by atoms with Crippen LogP contribution >= 0.6 is 0 Å². The highest BCUT2D eigenvalue weighted by Gasteiger charge is 2.46. The third-order valence-corrected chi connectivity index (χ3v) is 3.46. The van der Waals surface area contributed by atoms with Gasteiger partial charge in [-0.3, -0.25) is 4.79 Å². The van der Waals surface area contributed by atoms with E-state index in [4.69, 9.17) is 10.4 Å². The molecule has 3 nitrogen and oxygen atoms in total. The zero-order valence-corrected chi connectivity index (χ0v) is 7.89. The summed E-state index contributed by atoms with van der Waals surface area (Å²) in [5, 5.41) is 18.0. The van der Waals surface area contributed by atoms with Crippen molar-refractivity contribution >= 4 is 5.97 Å². The van der Waals surface area contributed by atoms with E-state index in [2.05, 4.69) is 6.07 Å². The predicted octanol–water partition coefficient (Wildman–Crippen LogP) is 1.81. The molecule has 2 aliphatic rings. The average molecular weight is 191 g/mol. The van der Waals surface area contributed by atoms with Crippen LogP contribution in [0.15, 0.2) is 12.2 Å². The van der Waals surface area contributed by atoms with E-state index in [9.17, 15) is 4.79 Å². The summed E-state index contributed by atoms with van der Waals surface area (Å²) in [4.78, 5) is 11.1. The van der Waals surface area contributed by atoms with Gasteiger partial charge in [0.15, 0.2) is 0 Å². The molecule has 0 aromatic heterocycles. The minimum atomic E-state index is -0.732. The number of nitriles is 1. The van der Waals surface area contributed by atoms with Crippen LogP contribution in [-0.2, 0) is 4.79 Å². The second-order valence-electron chi connectivity index (χ2n) is 4.18. The molecule has 0 radical (unpaired) electrons. The molecule has 0 unspecified atom stereocenters. The van der Waals surface area contributed by atoms with Crippen LogP contribution in [0.3, 0.4) is 0 Å².